The molecular formula is C10H16N4O. The highest BCUT2D eigenvalue weighted by molar-refractivity contribution is 5.52. The summed E-state index contributed by atoms with van der Waals surface area (Å²) in [6.45, 7) is 2.02. The molecule has 0 amide bonds. The summed E-state index contributed by atoms with van der Waals surface area (Å²) in [5.74, 6) is 0.211. The molecule has 1 fully saturated rings. The molecule has 4 N–H and O–H groups in total. The number of rotatable bonds is 1. The molecule has 82 valence electrons. The topological polar surface area (TPSA) is 78.3 Å². The van der Waals surface area contributed by atoms with Crippen molar-refractivity contribution in [2.45, 2.75) is 19.3 Å². The quantitative estimate of drug-likeness (QED) is 0.597. The van der Waals surface area contributed by atoms with Crippen LogP contribution in [0.25, 0.3) is 0 Å². The van der Waals surface area contributed by atoms with Crippen molar-refractivity contribution in [2.75, 3.05) is 23.7 Å². The Kier molecular flexibility index (Phi) is 2.53. The van der Waals surface area contributed by atoms with Gasteiger partial charge >= 0.3 is 0 Å². The number of nitrogens with zero attached hydrogens (tertiary/aromatic N) is 2. The fraction of sp³-hybridized carbons (Fsp3) is 0.500. The van der Waals surface area contributed by atoms with E-state index < -0.39 is 0 Å². The molecule has 2 rings (SSSR count). The summed E-state index contributed by atoms with van der Waals surface area (Å²) in [7, 11) is 0. The van der Waals surface area contributed by atoms with Gasteiger partial charge in [0.2, 0.25) is 0 Å². The fourth-order valence-corrected chi connectivity index (χ4v) is 1.93. The maximum Gasteiger partial charge on any atom is 0.165 e. The van der Waals surface area contributed by atoms with E-state index in [2.05, 4.69) is 4.90 Å². The second kappa shape index (κ2) is 3.84. The zero-order valence-corrected chi connectivity index (χ0v) is 8.61. The van der Waals surface area contributed by atoms with Crippen molar-refractivity contribution in [3.05, 3.63) is 17.6 Å². The molecule has 0 aromatic carbocycles. The minimum absolute atomic E-state index is 0.0237. The zero-order valence-electron chi connectivity index (χ0n) is 8.61. The van der Waals surface area contributed by atoms with Gasteiger partial charge in [0, 0.05) is 30.9 Å². The molecule has 0 bridgehead atoms. The maximum atomic E-state index is 9.31. The van der Waals surface area contributed by atoms with Crippen molar-refractivity contribution in [3.63, 3.8) is 0 Å². The molecule has 0 atom stereocenters. The van der Waals surface area contributed by atoms with Crippen LogP contribution in [0.15, 0.2) is 12.1 Å². The number of pyridine rings is 1. The van der Waals surface area contributed by atoms with Crippen LogP contribution >= 0.6 is 0 Å². The van der Waals surface area contributed by atoms with Crippen LogP contribution in [0.2, 0.25) is 0 Å². The molecule has 5 heteroatoms. The Morgan fingerprint density at radius 2 is 1.87 bits per heavy atom. The Labute approximate surface area is 88.2 Å². The summed E-state index contributed by atoms with van der Waals surface area (Å²) >= 11 is 0. The lowest BCUT2D eigenvalue weighted by Gasteiger charge is -2.29. The van der Waals surface area contributed by atoms with Crippen LogP contribution in [-0.4, -0.2) is 23.0 Å². The largest absolute Gasteiger partial charge is 0.425 e. The fourth-order valence-electron chi connectivity index (χ4n) is 1.93. The second-order valence-electron chi connectivity index (χ2n) is 3.88. The van der Waals surface area contributed by atoms with Gasteiger partial charge in [-0.15, -0.1) is 0 Å². The van der Waals surface area contributed by atoms with Gasteiger partial charge in [0.15, 0.2) is 5.49 Å². The summed E-state index contributed by atoms with van der Waals surface area (Å²) in [4.78, 5) is 2.21. The first-order chi connectivity index (χ1) is 7.18. The highest BCUT2D eigenvalue weighted by atomic mass is 16.5. The molecule has 1 aromatic heterocycles. The van der Waals surface area contributed by atoms with Crippen LogP contribution in [-0.2, 0) is 0 Å². The molecule has 0 aliphatic carbocycles. The first-order valence-corrected chi connectivity index (χ1v) is 5.20. The van der Waals surface area contributed by atoms with Gasteiger partial charge in [-0.2, -0.15) is 4.73 Å². The van der Waals surface area contributed by atoms with Gasteiger partial charge in [-0.25, -0.2) is 0 Å². The van der Waals surface area contributed by atoms with Crippen molar-refractivity contribution in [1.82, 2.24) is 4.73 Å². The van der Waals surface area contributed by atoms with E-state index in [1.165, 1.54) is 19.3 Å². The standard InChI is InChI=1S/C10H16N4O/c11-9-6-8(7-10(12)14(9)15)13-4-2-1-3-5-13/h6-7,11,15H,1-5,12H2. The third-order valence-electron chi connectivity index (χ3n) is 2.77. The predicted octanol–water partition coefficient (Wildman–Crippen LogP) is 0.777. The van der Waals surface area contributed by atoms with E-state index in [9.17, 15) is 5.21 Å². The first-order valence-electron chi connectivity index (χ1n) is 5.20. The molecule has 0 saturated carbocycles. The molecule has 5 nitrogen and oxygen atoms in total. The number of nitrogens with one attached hydrogen (secondary N) is 1. The number of anilines is 2. The lowest BCUT2D eigenvalue weighted by molar-refractivity contribution is 0.177. The molecule has 15 heavy (non-hydrogen) atoms. The monoisotopic (exact) mass is 208 g/mol. The van der Waals surface area contributed by atoms with Gasteiger partial charge in [-0.3, -0.25) is 5.41 Å². The van der Waals surface area contributed by atoms with E-state index >= 15 is 0 Å². The van der Waals surface area contributed by atoms with Crippen molar-refractivity contribution in [2.24, 2.45) is 0 Å². The third kappa shape index (κ3) is 1.91. The number of nitrogens with two attached hydrogens (primary N) is 1. The molecule has 1 aliphatic rings. The Bertz CT molecular complexity index is 406. The molecular weight excluding hydrogens is 192 g/mol. The zero-order chi connectivity index (χ0) is 10.8. The summed E-state index contributed by atoms with van der Waals surface area (Å²) in [6, 6.07) is 3.35. The third-order valence-corrected chi connectivity index (χ3v) is 2.77. The number of piperidine rings is 1. The lowest BCUT2D eigenvalue weighted by atomic mass is 10.1. The highest BCUT2D eigenvalue weighted by Crippen LogP contribution is 2.19. The van der Waals surface area contributed by atoms with Crippen LogP contribution in [0.5, 0.6) is 0 Å². The maximum absolute atomic E-state index is 9.31. The average Bonchev–Trinajstić information content (AvgIpc) is 2.26. The number of aromatic nitrogens is 1. The van der Waals surface area contributed by atoms with Gasteiger partial charge in [-0.1, -0.05) is 0 Å². The van der Waals surface area contributed by atoms with Gasteiger partial charge in [0.1, 0.15) is 5.82 Å². The van der Waals surface area contributed by atoms with E-state index in [1.54, 1.807) is 12.1 Å². The average molecular weight is 208 g/mol. The summed E-state index contributed by atoms with van der Waals surface area (Å²) in [6.07, 6.45) is 3.63. The Balaban J connectivity index is 2.32. The molecule has 1 aromatic rings. The van der Waals surface area contributed by atoms with E-state index in [0.717, 1.165) is 18.8 Å². The van der Waals surface area contributed by atoms with Crippen molar-refractivity contribution >= 4 is 11.5 Å². The normalized spacial score (nSPS) is 16.7. The molecule has 1 aliphatic heterocycles. The van der Waals surface area contributed by atoms with E-state index in [1.807, 2.05) is 0 Å². The predicted molar refractivity (Wildman–Crippen MR) is 57.9 cm³/mol. The number of hydrogen-bond acceptors (Lipinski definition) is 4. The van der Waals surface area contributed by atoms with Crippen molar-refractivity contribution in [1.29, 1.82) is 5.41 Å². The Morgan fingerprint density at radius 1 is 1.20 bits per heavy atom. The van der Waals surface area contributed by atoms with Crippen LogP contribution < -0.4 is 16.1 Å². The van der Waals surface area contributed by atoms with E-state index in [0.29, 0.717) is 4.73 Å². The Hall–Kier alpha value is -1.65. The molecule has 1 saturated heterocycles. The lowest BCUT2D eigenvalue weighted by Crippen LogP contribution is -2.31. The van der Waals surface area contributed by atoms with Crippen molar-refractivity contribution < 1.29 is 5.21 Å². The Morgan fingerprint density at radius 3 is 2.47 bits per heavy atom. The van der Waals surface area contributed by atoms with Crippen LogP contribution in [0.3, 0.4) is 0 Å². The van der Waals surface area contributed by atoms with Crippen LogP contribution in [0, 0.1) is 5.41 Å². The first kappa shape index (κ1) is 9.89. The number of hydrogen-bond donors (Lipinski definition) is 3. The molecule has 0 radical (unpaired) electrons. The molecule has 0 spiro atoms. The molecule has 2 heterocycles. The highest BCUT2D eigenvalue weighted by Gasteiger charge is 2.12. The van der Waals surface area contributed by atoms with Gasteiger partial charge in [0.25, 0.3) is 0 Å². The summed E-state index contributed by atoms with van der Waals surface area (Å²) < 4.78 is 0.688. The van der Waals surface area contributed by atoms with Crippen LogP contribution in [0.1, 0.15) is 19.3 Å². The van der Waals surface area contributed by atoms with E-state index in [4.69, 9.17) is 11.1 Å². The summed E-state index contributed by atoms with van der Waals surface area (Å²) in [5.41, 5.74) is 6.55. The van der Waals surface area contributed by atoms with Gasteiger partial charge in [-0.05, 0) is 19.3 Å². The van der Waals surface area contributed by atoms with Crippen molar-refractivity contribution in [3.8, 4) is 0 Å². The van der Waals surface area contributed by atoms with Gasteiger partial charge in [0.05, 0.1) is 0 Å². The van der Waals surface area contributed by atoms with E-state index in [-0.39, 0.29) is 11.3 Å². The minimum Gasteiger partial charge on any atom is -0.425 e. The molecule has 0 unspecified atom stereocenters. The van der Waals surface area contributed by atoms with Crippen LogP contribution in [0.4, 0.5) is 11.5 Å². The summed E-state index contributed by atoms with van der Waals surface area (Å²) in [5, 5.41) is 16.8. The van der Waals surface area contributed by atoms with Gasteiger partial charge < -0.3 is 15.8 Å². The minimum atomic E-state index is 0.0237. The smallest absolute Gasteiger partial charge is 0.165 e. The number of nitrogen functional groups attached to an aromatic ring is 1. The SMILES string of the molecule is N=c1cc(N2CCCCC2)cc(N)n1O. The second-order valence-corrected chi connectivity index (χ2v) is 3.88.